The van der Waals surface area contributed by atoms with Crippen LogP contribution < -0.4 is 0 Å². The lowest BCUT2D eigenvalue weighted by molar-refractivity contribution is 0.00946. The number of halogens is 1. The maximum absolute atomic E-state index is 5.37. The van der Waals surface area contributed by atoms with Gasteiger partial charge in [-0.3, -0.25) is 0 Å². The molecule has 0 aliphatic rings. The van der Waals surface area contributed by atoms with E-state index in [-0.39, 0.29) is 11.5 Å². The van der Waals surface area contributed by atoms with Gasteiger partial charge in [0.15, 0.2) is 9.74 Å². The molecule has 1 aromatic heterocycles. The number of hydrogen-bond acceptors (Lipinski definition) is 4. The Labute approximate surface area is 90.8 Å². The quantitative estimate of drug-likeness (QED) is 0.824. The fourth-order valence-electron chi connectivity index (χ4n) is 1.17. The van der Waals surface area contributed by atoms with Gasteiger partial charge in [0.25, 0.3) is 0 Å². The van der Waals surface area contributed by atoms with Crippen molar-refractivity contribution >= 4 is 27.5 Å². The molecule has 0 saturated heterocycles. The molecular formula is C8H13BrN2OS. The summed E-state index contributed by atoms with van der Waals surface area (Å²) in [4.78, 5) is 4.25. The molecule has 0 aromatic carbocycles. The maximum Gasteiger partial charge on any atom is 0.179 e. The molecule has 0 aliphatic heterocycles. The highest BCUT2D eigenvalue weighted by molar-refractivity contribution is 9.11. The van der Waals surface area contributed by atoms with Crippen molar-refractivity contribution in [3.05, 3.63) is 9.74 Å². The average molecular weight is 265 g/mol. The summed E-state index contributed by atoms with van der Waals surface area (Å²) in [6.45, 7) is 6.32. The van der Waals surface area contributed by atoms with Gasteiger partial charge in [-0.05, 0) is 32.9 Å². The molecule has 13 heavy (non-hydrogen) atoms. The van der Waals surface area contributed by atoms with Crippen LogP contribution in [0.3, 0.4) is 0 Å². The Morgan fingerprint density at radius 1 is 1.46 bits per heavy atom. The number of hydrogen-bond donors (Lipinski definition) is 0. The predicted molar refractivity (Wildman–Crippen MR) is 56.8 cm³/mol. The van der Waals surface area contributed by atoms with Crippen LogP contribution >= 0.6 is 27.5 Å². The second-order valence-electron chi connectivity index (χ2n) is 3.89. The lowest BCUT2D eigenvalue weighted by Crippen LogP contribution is -2.21. The third kappa shape index (κ3) is 2.72. The summed E-state index contributed by atoms with van der Waals surface area (Å²) in [5.41, 5.74) is 0.0231. The molecule has 74 valence electrons. The van der Waals surface area contributed by atoms with Crippen LogP contribution in [0.25, 0.3) is 0 Å². The summed E-state index contributed by atoms with van der Waals surface area (Å²) >= 11 is 4.63. The third-order valence-electron chi connectivity index (χ3n) is 1.67. The van der Waals surface area contributed by atoms with Crippen molar-refractivity contribution in [2.24, 2.45) is 5.41 Å². The largest absolute Gasteiger partial charge is 0.373 e. The summed E-state index contributed by atoms with van der Waals surface area (Å²) in [5.74, 6) is 0.756. The lowest BCUT2D eigenvalue weighted by atomic mass is 9.88. The van der Waals surface area contributed by atoms with E-state index in [1.54, 1.807) is 7.11 Å². The third-order valence-corrected chi connectivity index (χ3v) is 2.81. The van der Waals surface area contributed by atoms with Gasteiger partial charge in [-0.1, -0.05) is 20.8 Å². The minimum atomic E-state index is -0.0463. The first-order valence-electron chi connectivity index (χ1n) is 3.97. The van der Waals surface area contributed by atoms with Crippen molar-refractivity contribution in [2.45, 2.75) is 26.9 Å². The molecule has 3 nitrogen and oxygen atoms in total. The first kappa shape index (κ1) is 11.1. The van der Waals surface area contributed by atoms with E-state index < -0.39 is 0 Å². The van der Waals surface area contributed by atoms with Crippen LogP contribution in [0.4, 0.5) is 0 Å². The molecule has 1 unspecified atom stereocenters. The van der Waals surface area contributed by atoms with E-state index in [0.717, 1.165) is 9.74 Å². The molecule has 0 N–H and O–H groups in total. The van der Waals surface area contributed by atoms with Gasteiger partial charge in [0.05, 0.1) is 0 Å². The Hall–Kier alpha value is -0.0000000000000000555. The molecule has 0 fully saturated rings. The molecule has 5 heteroatoms. The normalized spacial score (nSPS) is 14.5. The fraction of sp³-hybridized carbons (Fsp3) is 0.750. The number of ether oxygens (including phenoxy) is 1. The van der Waals surface area contributed by atoms with Gasteiger partial charge in [-0.25, -0.2) is 4.98 Å². The van der Waals surface area contributed by atoms with Gasteiger partial charge in [-0.15, -0.1) is 0 Å². The smallest absolute Gasteiger partial charge is 0.179 e. The molecule has 1 rings (SSSR count). The molecule has 0 aliphatic carbocycles. The Balaban J connectivity index is 2.91. The molecule has 0 spiro atoms. The first-order valence-corrected chi connectivity index (χ1v) is 5.53. The van der Waals surface area contributed by atoms with E-state index in [0.29, 0.717) is 0 Å². The van der Waals surface area contributed by atoms with Crippen LogP contribution in [0.15, 0.2) is 3.92 Å². The second-order valence-corrected chi connectivity index (χ2v) is 5.92. The van der Waals surface area contributed by atoms with Gasteiger partial charge in [0.2, 0.25) is 0 Å². The minimum Gasteiger partial charge on any atom is -0.373 e. The van der Waals surface area contributed by atoms with Crippen molar-refractivity contribution in [2.75, 3.05) is 7.11 Å². The number of aromatic nitrogens is 2. The summed E-state index contributed by atoms with van der Waals surface area (Å²) < 4.78 is 10.4. The van der Waals surface area contributed by atoms with E-state index in [4.69, 9.17) is 4.74 Å². The van der Waals surface area contributed by atoms with Crippen LogP contribution in [0, 0.1) is 5.41 Å². The minimum absolute atomic E-state index is 0.0231. The molecule has 0 saturated carbocycles. The summed E-state index contributed by atoms with van der Waals surface area (Å²) in [5, 5.41) is 0. The van der Waals surface area contributed by atoms with Crippen LogP contribution in [0.1, 0.15) is 32.7 Å². The average Bonchev–Trinajstić information content (AvgIpc) is 2.34. The molecule has 0 amide bonds. The van der Waals surface area contributed by atoms with Gasteiger partial charge in [0, 0.05) is 7.11 Å². The molecule has 1 heterocycles. The van der Waals surface area contributed by atoms with Crippen LogP contribution in [-0.4, -0.2) is 16.5 Å². The highest BCUT2D eigenvalue weighted by atomic mass is 79.9. The first-order chi connectivity index (χ1) is 5.95. The van der Waals surface area contributed by atoms with Crippen LogP contribution in [0.5, 0.6) is 0 Å². The predicted octanol–water partition coefficient (Wildman–Crippen LogP) is 3.03. The number of methoxy groups -OCH3 is 1. The standard InChI is InChI=1S/C8H13BrN2OS/c1-8(2,3)5(12-4)6-10-7(9)13-11-6/h5H,1-4H3. The monoisotopic (exact) mass is 264 g/mol. The Kier molecular flexibility index (Phi) is 3.43. The summed E-state index contributed by atoms with van der Waals surface area (Å²) in [6, 6.07) is 0. The zero-order valence-corrected chi connectivity index (χ0v) is 10.6. The maximum atomic E-state index is 5.37. The van der Waals surface area contributed by atoms with Crippen LogP contribution in [-0.2, 0) is 4.74 Å². The summed E-state index contributed by atoms with van der Waals surface area (Å²) in [7, 11) is 1.69. The van der Waals surface area contributed by atoms with Gasteiger partial charge in [-0.2, -0.15) is 4.37 Å². The highest BCUT2D eigenvalue weighted by Gasteiger charge is 2.29. The van der Waals surface area contributed by atoms with Crippen LogP contribution in [0.2, 0.25) is 0 Å². The van der Waals surface area contributed by atoms with E-state index in [1.807, 2.05) is 0 Å². The van der Waals surface area contributed by atoms with Gasteiger partial charge in [0.1, 0.15) is 6.10 Å². The zero-order chi connectivity index (χ0) is 10.1. The molecule has 0 bridgehead atoms. The van der Waals surface area contributed by atoms with Gasteiger partial charge < -0.3 is 4.74 Å². The second kappa shape index (κ2) is 4.02. The Bertz CT molecular complexity index is 282. The topological polar surface area (TPSA) is 35.0 Å². The van der Waals surface area contributed by atoms with Crippen molar-refractivity contribution < 1.29 is 4.74 Å². The van der Waals surface area contributed by atoms with E-state index in [1.165, 1.54) is 11.5 Å². The van der Waals surface area contributed by atoms with E-state index >= 15 is 0 Å². The molecule has 1 atom stereocenters. The van der Waals surface area contributed by atoms with Crippen molar-refractivity contribution in [1.82, 2.24) is 9.36 Å². The molecule has 1 aromatic rings. The Morgan fingerprint density at radius 3 is 2.38 bits per heavy atom. The van der Waals surface area contributed by atoms with Crippen molar-refractivity contribution in [1.29, 1.82) is 0 Å². The number of nitrogens with zero attached hydrogens (tertiary/aromatic N) is 2. The van der Waals surface area contributed by atoms with E-state index in [2.05, 4.69) is 46.1 Å². The highest BCUT2D eigenvalue weighted by Crippen LogP contribution is 2.34. The van der Waals surface area contributed by atoms with E-state index in [9.17, 15) is 0 Å². The van der Waals surface area contributed by atoms with Crippen molar-refractivity contribution in [3.63, 3.8) is 0 Å². The molecular weight excluding hydrogens is 252 g/mol. The summed E-state index contributed by atoms with van der Waals surface area (Å²) in [6.07, 6.45) is -0.0463. The lowest BCUT2D eigenvalue weighted by Gasteiger charge is -2.26. The van der Waals surface area contributed by atoms with Crippen molar-refractivity contribution in [3.8, 4) is 0 Å². The fourth-order valence-corrected chi connectivity index (χ4v) is 2.01. The molecule has 0 radical (unpaired) electrons. The number of rotatable bonds is 2. The SMILES string of the molecule is COC(c1nsc(Br)n1)C(C)(C)C. The van der Waals surface area contributed by atoms with Gasteiger partial charge >= 0.3 is 0 Å². The Morgan fingerprint density at radius 2 is 2.08 bits per heavy atom. The zero-order valence-electron chi connectivity index (χ0n) is 8.17.